The van der Waals surface area contributed by atoms with Crippen LogP contribution in [0.4, 0.5) is 13.2 Å². The largest absolute Gasteiger partial charge is 0.338 e. The highest BCUT2D eigenvalue weighted by Crippen LogP contribution is 2.34. The molecular formula is C26H25F3N2O4S. The molecule has 3 aromatic rings. The minimum Gasteiger partial charge on any atom is -0.338 e. The Hall–Kier alpha value is -3.24. The zero-order valence-corrected chi connectivity index (χ0v) is 20.6. The van der Waals surface area contributed by atoms with Crippen LogP contribution in [0.3, 0.4) is 0 Å². The first-order chi connectivity index (χ1) is 17.1. The summed E-state index contributed by atoms with van der Waals surface area (Å²) in [5, 5.41) is 0. The molecule has 0 N–H and O–H groups in total. The molecule has 2 aromatic carbocycles. The van der Waals surface area contributed by atoms with Gasteiger partial charge in [-0.15, -0.1) is 0 Å². The average Bonchev–Trinajstić information content (AvgIpc) is 3.21. The van der Waals surface area contributed by atoms with Crippen molar-refractivity contribution in [3.8, 4) is 11.1 Å². The Kier molecular flexibility index (Phi) is 7.46. The van der Waals surface area contributed by atoms with Crippen LogP contribution < -0.4 is 0 Å². The van der Waals surface area contributed by atoms with Crippen molar-refractivity contribution in [3.63, 3.8) is 0 Å². The summed E-state index contributed by atoms with van der Waals surface area (Å²) in [6, 6.07) is 8.28. The van der Waals surface area contributed by atoms with Gasteiger partial charge in [0.05, 0.1) is 11.5 Å². The molecule has 10 heteroatoms. The van der Waals surface area contributed by atoms with Crippen LogP contribution in [-0.4, -0.2) is 37.4 Å². The van der Waals surface area contributed by atoms with E-state index in [2.05, 4.69) is 4.98 Å². The van der Waals surface area contributed by atoms with Gasteiger partial charge in [-0.1, -0.05) is 13.0 Å². The fourth-order valence-electron chi connectivity index (χ4n) is 4.28. The van der Waals surface area contributed by atoms with Crippen molar-refractivity contribution in [3.05, 3.63) is 82.9 Å². The molecule has 1 aliphatic heterocycles. The van der Waals surface area contributed by atoms with Gasteiger partial charge in [-0.2, -0.15) is 8.42 Å². The van der Waals surface area contributed by atoms with E-state index in [1.54, 1.807) is 29.4 Å². The number of hydrogen-bond donors (Lipinski definition) is 0. The molecule has 0 radical (unpaired) electrons. The number of halogens is 3. The van der Waals surface area contributed by atoms with Gasteiger partial charge in [0, 0.05) is 43.4 Å². The van der Waals surface area contributed by atoms with Crippen molar-refractivity contribution in [1.82, 2.24) is 9.88 Å². The number of aryl methyl sites for hydroxylation is 1. The van der Waals surface area contributed by atoms with Gasteiger partial charge in [-0.25, -0.2) is 13.2 Å². The number of aromatic nitrogens is 1. The molecule has 0 saturated carbocycles. The average molecular weight is 519 g/mol. The van der Waals surface area contributed by atoms with E-state index in [-0.39, 0.29) is 42.5 Å². The van der Waals surface area contributed by atoms with Crippen molar-refractivity contribution in [2.24, 2.45) is 0 Å². The number of carbonyl (C=O) groups excluding carboxylic acids is 1. The maximum atomic E-state index is 13.7. The Bertz CT molecular complexity index is 1390. The smallest absolute Gasteiger partial charge is 0.296 e. The fraction of sp³-hybridized carbons (Fsp3) is 0.308. The van der Waals surface area contributed by atoms with Crippen molar-refractivity contribution in [2.75, 3.05) is 13.2 Å². The molecular weight excluding hydrogens is 493 g/mol. The molecule has 1 unspecified atom stereocenters. The maximum Gasteiger partial charge on any atom is 0.296 e. The van der Waals surface area contributed by atoms with Crippen molar-refractivity contribution in [1.29, 1.82) is 0 Å². The molecule has 6 nitrogen and oxygen atoms in total. The van der Waals surface area contributed by atoms with Gasteiger partial charge in [0.25, 0.3) is 10.1 Å². The highest BCUT2D eigenvalue weighted by molar-refractivity contribution is 7.86. The maximum absolute atomic E-state index is 13.7. The molecule has 1 saturated heterocycles. The summed E-state index contributed by atoms with van der Waals surface area (Å²) in [6.07, 6.45) is 3.75. The standard InChI is InChI=1S/C26H25F3N2O4S/c1-3-8-35-36(33,34)20-5-4-16(2)21(12-20)22-13-30-7-6-17(22)14-31-15-19(11-25(31)32)18-9-23(27)26(29)24(28)10-18/h4-7,9-10,12-13,19H,3,8,11,14-15H2,1-2H3. The predicted octanol–water partition coefficient (Wildman–Crippen LogP) is 5.11. The van der Waals surface area contributed by atoms with E-state index in [0.29, 0.717) is 17.5 Å². The number of nitrogens with zero attached hydrogens (tertiary/aromatic N) is 2. The first-order valence-corrected chi connectivity index (χ1v) is 12.9. The summed E-state index contributed by atoms with van der Waals surface area (Å²) in [4.78, 5) is 18.5. The van der Waals surface area contributed by atoms with E-state index in [4.69, 9.17) is 4.18 Å². The lowest BCUT2D eigenvalue weighted by Gasteiger charge is -2.20. The Morgan fingerprint density at radius 2 is 1.81 bits per heavy atom. The summed E-state index contributed by atoms with van der Waals surface area (Å²) >= 11 is 0. The second-order valence-corrected chi connectivity index (χ2v) is 10.4. The summed E-state index contributed by atoms with van der Waals surface area (Å²) in [6.45, 7) is 4.10. The molecule has 190 valence electrons. The van der Waals surface area contributed by atoms with Crippen LogP contribution in [0.5, 0.6) is 0 Å². The van der Waals surface area contributed by atoms with Gasteiger partial charge in [0.15, 0.2) is 17.5 Å². The second kappa shape index (κ2) is 10.4. The predicted molar refractivity (Wildman–Crippen MR) is 127 cm³/mol. The fourth-order valence-corrected chi connectivity index (χ4v) is 5.30. The molecule has 4 rings (SSSR count). The number of hydrogen-bond acceptors (Lipinski definition) is 5. The van der Waals surface area contributed by atoms with E-state index in [1.165, 1.54) is 12.1 Å². The number of carbonyl (C=O) groups is 1. The molecule has 1 amide bonds. The Balaban J connectivity index is 1.62. The minimum atomic E-state index is -3.93. The van der Waals surface area contributed by atoms with Crippen LogP contribution in [0.2, 0.25) is 0 Å². The zero-order valence-electron chi connectivity index (χ0n) is 19.8. The van der Waals surface area contributed by atoms with E-state index in [0.717, 1.165) is 23.3 Å². The number of pyridine rings is 1. The first-order valence-electron chi connectivity index (χ1n) is 11.5. The minimum absolute atomic E-state index is 0.0176. The number of rotatable bonds is 8. The highest BCUT2D eigenvalue weighted by atomic mass is 32.2. The van der Waals surface area contributed by atoms with Gasteiger partial charge in [0.2, 0.25) is 5.91 Å². The van der Waals surface area contributed by atoms with Crippen LogP contribution in [0.1, 0.15) is 42.4 Å². The van der Waals surface area contributed by atoms with Crippen LogP contribution in [0.15, 0.2) is 53.7 Å². The topological polar surface area (TPSA) is 76.6 Å². The molecule has 36 heavy (non-hydrogen) atoms. The monoisotopic (exact) mass is 518 g/mol. The third kappa shape index (κ3) is 5.29. The molecule has 1 atom stereocenters. The Morgan fingerprint density at radius 3 is 2.50 bits per heavy atom. The number of likely N-dealkylation sites (tertiary alicyclic amines) is 1. The van der Waals surface area contributed by atoms with E-state index >= 15 is 0 Å². The second-order valence-electron chi connectivity index (χ2n) is 8.76. The summed E-state index contributed by atoms with van der Waals surface area (Å²) in [5.74, 6) is -4.82. The molecule has 0 aliphatic carbocycles. The number of benzene rings is 2. The Morgan fingerprint density at radius 1 is 1.08 bits per heavy atom. The van der Waals surface area contributed by atoms with Gasteiger partial charge in [0.1, 0.15) is 0 Å². The third-order valence-corrected chi connectivity index (χ3v) is 7.50. The van der Waals surface area contributed by atoms with Gasteiger partial charge in [-0.05, 0) is 65.9 Å². The zero-order chi connectivity index (χ0) is 26.0. The van der Waals surface area contributed by atoms with Gasteiger partial charge < -0.3 is 4.90 Å². The van der Waals surface area contributed by atoms with Crippen molar-refractivity contribution in [2.45, 2.75) is 44.0 Å². The molecule has 2 heterocycles. The van der Waals surface area contributed by atoms with Gasteiger partial charge >= 0.3 is 0 Å². The first kappa shape index (κ1) is 25.8. The molecule has 1 aliphatic rings. The third-order valence-electron chi connectivity index (χ3n) is 6.20. The van der Waals surface area contributed by atoms with Gasteiger partial charge in [-0.3, -0.25) is 14.0 Å². The molecule has 0 bridgehead atoms. The van der Waals surface area contributed by atoms with E-state index in [9.17, 15) is 26.4 Å². The highest BCUT2D eigenvalue weighted by Gasteiger charge is 2.32. The van der Waals surface area contributed by atoms with Crippen LogP contribution in [0, 0.1) is 24.4 Å². The lowest BCUT2D eigenvalue weighted by atomic mass is 9.97. The van der Waals surface area contributed by atoms with Crippen LogP contribution >= 0.6 is 0 Å². The summed E-state index contributed by atoms with van der Waals surface area (Å²) in [5.41, 5.74) is 3.03. The lowest BCUT2D eigenvalue weighted by Crippen LogP contribution is -2.24. The van der Waals surface area contributed by atoms with E-state index < -0.39 is 33.5 Å². The normalized spacial score (nSPS) is 16.1. The molecule has 1 fully saturated rings. The molecule has 1 aromatic heterocycles. The van der Waals surface area contributed by atoms with E-state index in [1.807, 2.05) is 13.8 Å². The summed E-state index contributed by atoms with van der Waals surface area (Å²) in [7, 11) is -3.93. The van der Waals surface area contributed by atoms with Crippen LogP contribution in [0.25, 0.3) is 11.1 Å². The SMILES string of the molecule is CCCOS(=O)(=O)c1ccc(C)c(-c2cnccc2CN2CC(c3cc(F)c(F)c(F)c3)CC2=O)c1. The van der Waals surface area contributed by atoms with Crippen LogP contribution in [-0.2, 0) is 25.6 Å². The van der Waals surface area contributed by atoms with Crippen molar-refractivity contribution >= 4 is 16.0 Å². The summed E-state index contributed by atoms with van der Waals surface area (Å²) < 4.78 is 71.0. The van der Waals surface area contributed by atoms with Crippen molar-refractivity contribution < 1.29 is 30.6 Å². The molecule has 0 spiro atoms. The quantitative estimate of drug-likeness (QED) is 0.306. The lowest BCUT2D eigenvalue weighted by molar-refractivity contribution is -0.128. The number of amides is 1. The Labute approximate surface area is 207 Å².